The molecule has 0 saturated heterocycles. The number of ether oxygens (including phenoxy) is 2. The molecule has 1 aliphatic carbocycles. The van der Waals surface area contributed by atoms with Crippen LogP contribution in [0.5, 0.6) is 0 Å². The van der Waals surface area contributed by atoms with Gasteiger partial charge in [0.05, 0.1) is 7.11 Å². The summed E-state index contributed by atoms with van der Waals surface area (Å²) in [6, 6.07) is 66.2. The molecular weight excluding hydrogens is 646 g/mol. The summed E-state index contributed by atoms with van der Waals surface area (Å²) in [5.74, 6) is 0.888. The molecule has 0 bridgehead atoms. The average molecular weight is 691 g/mol. The first-order valence-corrected chi connectivity index (χ1v) is 20.7. The molecule has 50 heavy (non-hydrogen) atoms. The fourth-order valence-electron chi connectivity index (χ4n) is 8.10. The zero-order valence-corrected chi connectivity index (χ0v) is 31.0. The molecule has 2 unspecified atom stereocenters. The van der Waals surface area contributed by atoms with E-state index in [0.717, 1.165) is 11.1 Å². The van der Waals surface area contributed by atoms with Crippen LogP contribution in [-0.2, 0) is 9.47 Å². The molecule has 0 N–H and O–H groups in total. The van der Waals surface area contributed by atoms with Gasteiger partial charge in [0, 0.05) is 13.2 Å². The zero-order valence-electron chi connectivity index (χ0n) is 29.2. The summed E-state index contributed by atoms with van der Waals surface area (Å²) in [4.78, 5) is 0. The van der Waals surface area contributed by atoms with E-state index in [4.69, 9.17) is 9.47 Å². The Morgan fingerprint density at radius 1 is 0.400 bits per heavy atom. The largest absolute Gasteiger partial charge is 0.493 e. The molecule has 4 heteroatoms. The summed E-state index contributed by atoms with van der Waals surface area (Å²) in [5.41, 5.74) is -0.775. The Hall–Kier alpha value is -4.58. The van der Waals surface area contributed by atoms with Crippen molar-refractivity contribution in [3.05, 3.63) is 205 Å². The predicted molar refractivity (Wildman–Crippen MR) is 217 cm³/mol. The molecule has 0 radical (unpaired) electrons. The number of hydrogen-bond acceptors (Lipinski definition) is 2. The van der Waals surface area contributed by atoms with Crippen LogP contribution in [0.3, 0.4) is 0 Å². The van der Waals surface area contributed by atoms with Gasteiger partial charge in [-0.3, -0.25) is 0 Å². The number of benzene rings is 6. The van der Waals surface area contributed by atoms with Crippen LogP contribution >= 0.6 is 14.5 Å². The summed E-state index contributed by atoms with van der Waals surface area (Å²) in [6.07, 6.45) is 4.88. The van der Waals surface area contributed by atoms with Crippen LogP contribution in [-0.4, -0.2) is 25.0 Å². The Kier molecular flexibility index (Phi) is 9.47. The van der Waals surface area contributed by atoms with Gasteiger partial charge in [-0.25, -0.2) is 0 Å². The van der Waals surface area contributed by atoms with Gasteiger partial charge in [0.1, 0.15) is 57.1 Å². The maximum Gasteiger partial charge on any atom is 0.162 e. The Labute approximate surface area is 298 Å². The van der Waals surface area contributed by atoms with Crippen molar-refractivity contribution < 1.29 is 9.47 Å². The van der Waals surface area contributed by atoms with Crippen molar-refractivity contribution in [2.24, 2.45) is 0 Å². The molecular formula is C46H44O2P2+2. The molecule has 248 valence electrons. The highest BCUT2D eigenvalue weighted by atomic mass is 31.2. The van der Waals surface area contributed by atoms with E-state index in [1.807, 2.05) is 14.2 Å². The number of methoxy groups -OCH3 is 2. The molecule has 6 aromatic carbocycles. The minimum absolute atomic E-state index is 0.590. The van der Waals surface area contributed by atoms with Crippen molar-refractivity contribution >= 4 is 46.4 Å². The van der Waals surface area contributed by atoms with E-state index >= 15 is 0 Å². The lowest BCUT2D eigenvalue weighted by Crippen LogP contribution is -2.59. The number of hydrogen-bond donors (Lipinski definition) is 0. The minimum atomic E-state index is -2.54. The Bertz CT molecular complexity index is 1890. The topological polar surface area (TPSA) is 18.5 Å². The Morgan fingerprint density at radius 3 is 0.980 bits per heavy atom. The lowest BCUT2D eigenvalue weighted by molar-refractivity contribution is 0.0263. The third-order valence-corrected chi connectivity index (χ3v) is 20.1. The fraction of sp³-hybridized carbons (Fsp3) is 0.130. The molecule has 0 aliphatic heterocycles. The molecule has 0 aromatic heterocycles. The van der Waals surface area contributed by atoms with Gasteiger partial charge in [0.2, 0.25) is 0 Å². The van der Waals surface area contributed by atoms with Gasteiger partial charge in [-0.15, -0.1) is 0 Å². The van der Waals surface area contributed by atoms with Crippen molar-refractivity contribution in [2.45, 2.75) is 24.6 Å². The van der Waals surface area contributed by atoms with Crippen LogP contribution < -0.4 is 31.8 Å². The van der Waals surface area contributed by atoms with Crippen LogP contribution in [0.2, 0.25) is 0 Å². The van der Waals surface area contributed by atoms with Crippen LogP contribution in [0, 0.1) is 0 Å². The lowest BCUT2D eigenvalue weighted by atomic mass is 9.84. The van der Waals surface area contributed by atoms with E-state index in [1.165, 1.54) is 31.8 Å². The molecule has 1 aliphatic rings. The molecule has 7 rings (SSSR count). The van der Waals surface area contributed by atoms with Gasteiger partial charge in [-0.05, 0) is 92.7 Å². The summed E-state index contributed by atoms with van der Waals surface area (Å²) < 4.78 is 13.7. The highest BCUT2D eigenvalue weighted by Gasteiger charge is 2.70. The molecule has 0 spiro atoms. The third-order valence-electron chi connectivity index (χ3n) is 10.6. The van der Waals surface area contributed by atoms with Crippen LogP contribution in [0.4, 0.5) is 0 Å². The highest BCUT2D eigenvalue weighted by Crippen LogP contribution is 2.74. The van der Waals surface area contributed by atoms with Crippen LogP contribution in [0.1, 0.15) is 13.8 Å². The second-order valence-corrected chi connectivity index (χ2v) is 20.2. The molecule has 2 atom stereocenters. The van der Waals surface area contributed by atoms with E-state index in [1.54, 1.807) is 0 Å². The third kappa shape index (κ3) is 5.21. The van der Waals surface area contributed by atoms with Gasteiger partial charge >= 0.3 is 0 Å². The van der Waals surface area contributed by atoms with E-state index in [2.05, 4.69) is 208 Å². The molecule has 0 heterocycles. The smallest absolute Gasteiger partial charge is 0.162 e. The molecule has 6 aromatic rings. The molecule has 0 fully saturated rings. The van der Waals surface area contributed by atoms with Gasteiger partial charge < -0.3 is 9.47 Å². The van der Waals surface area contributed by atoms with Gasteiger partial charge in [0.25, 0.3) is 0 Å². The fourth-order valence-corrected chi connectivity index (χ4v) is 18.1. The first-order valence-electron chi connectivity index (χ1n) is 17.1. The zero-order chi connectivity index (χ0) is 34.7. The minimum Gasteiger partial charge on any atom is -0.493 e. The second kappa shape index (κ2) is 14.0. The molecule has 0 saturated carbocycles. The van der Waals surface area contributed by atoms with Gasteiger partial charge in [0.15, 0.2) is 11.1 Å². The van der Waals surface area contributed by atoms with Gasteiger partial charge in [-0.1, -0.05) is 109 Å². The molecule has 2 nitrogen and oxygen atoms in total. The second-order valence-electron chi connectivity index (χ2n) is 13.1. The van der Waals surface area contributed by atoms with Gasteiger partial charge in [-0.2, -0.15) is 0 Å². The van der Waals surface area contributed by atoms with Crippen LogP contribution in [0.25, 0.3) is 0 Å². The van der Waals surface area contributed by atoms with Crippen molar-refractivity contribution in [3.63, 3.8) is 0 Å². The standard InChI is InChI=1S/C46H44O2P2/c1-45(48-4)36-44(49(37-23-11-5-12-24-37,38-25-13-6-14-26-38)39-27-15-7-16-28-39)43(47-3)35-46(45,2)50(40-29-17-8-18-30-40,41-31-19-9-20-32-41)42-33-21-10-22-34-42/h5-36H,1-4H3/q+2. The summed E-state index contributed by atoms with van der Waals surface area (Å²) in [5, 5.41) is 8.26. The maximum absolute atomic E-state index is 6.96. The first-order chi connectivity index (χ1) is 24.5. The van der Waals surface area contributed by atoms with Crippen molar-refractivity contribution in [1.29, 1.82) is 0 Å². The predicted octanol–water partition coefficient (Wildman–Crippen LogP) is 8.57. The Balaban J connectivity index is 1.63. The van der Waals surface area contributed by atoms with Crippen molar-refractivity contribution in [3.8, 4) is 0 Å². The number of allylic oxidation sites excluding steroid dienone is 1. The number of rotatable bonds is 10. The van der Waals surface area contributed by atoms with E-state index in [-0.39, 0.29) is 0 Å². The van der Waals surface area contributed by atoms with Crippen LogP contribution in [0.15, 0.2) is 205 Å². The average Bonchev–Trinajstić information content (AvgIpc) is 3.19. The SMILES string of the molecule is COC1=CC(C)([P+](c2ccccc2)(c2ccccc2)c2ccccc2)C(C)(OC)C=C1[P+](c1ccccc1)(c1ccccc1)c1ccccc1. The monoisotopic (exact) mass is 690 g/mol. The summed E-state index contributed by atoms with van der Waals surface area (Å²) >= 11 is 0. The quantitative estimate of drug-likeness (QED) is 0.134. The normalized spacial score (nSPS) is 19.3. The first kappa shape index (κ1) is 33.9. The summed E-state index contributed by atoms with van der Waals surface area (Å²) in [6.45, 7) is 4.69. The van der Waals surface area contributed by atoms with E-state index in [9.17, 15) is 0 Å². The van der Waals surface area contributed by atoms with E-state index < -0.39 is 25.3 Å². The maximum atomic E-state index is 6.96. The van der Waals surface area contributed by atoms with Crippen molar-refractivity contribution in [1.82, 2.24) is 0 Å². The summed E-state index contributed by atoms with van der Waals surface area (Å²) in [7, 11) is -1.35. The highest BCUT2D eigenvalue weighted by molar-refractivity contribution is 7.99. The molecule has 0 amide bonds. The lowest BCUT2D eigenvalue weighted by Gasteiger charge is -2.51. The Morgan fingerprint density at radius 2 is 0.700 bits per heavy atom. The van der Waals surface area contributed by atoms with Crippen molar-refractivity contribution in [2.75, 3.05) is 14.2 Å². The van der Waals surface area contributed by atoms with E-state index in [0.29, 0.717) is 0 Å².